The van der Waals surface area contributed by atoms with Gasteiger partial charge in [-0.3, -0.25) is 4.98 Å². The molecule has 0 spiro atoms. The highest BCUT2D eigenvalue weighted by molar-refractivity contribution is 6.35. The first-order valence-corrected chi connectivity index (χ1v) is 13.5. The first kappa shape index (κ1) is 28.8. The maximum atomic E-state index is 13.5. The number of fused-ring (bicyclic) bond motifs is 1. The fourth-order valence-electron chi connectivity index (χ4n) is 4.94. The van der Waals surface area contributed by atoms with Gasteiger partial charge in [0.05, 0.1) is 51.8 Å². The van der Waals surface area contributed by atoms with Crippen LogP contribution in [0.5, 0.6) is 0 Å². The van der Waals surface area contributed by atoms with Gasteiger partial charge in [-0.1, -0.05) is 17.5 Å². The summed E-state index contributed by atoms with van der Waals surface area (Å²) in [5.74, 6) is 6.48. The Morgan fingerprint density at radius 3 is 2.54 bits per heavy atom. The molecule has 1 fully saturated rings. The minimum absolute atomic E-state index is 0.214. The van der Waals surface area contributed by atoms with Gasteiger partial charge in [0.1, 0.15) is 6.54 Å². The molecule has 1 saturated heterocycles. The number of likely N-dealkylation sites (tertiary alicyclic amines) is 1. The number of nitrogens with zero attached hydrogens (tertiary/aromatic N) is 4. The van der Waals surface area contributed by atoms with Gasteiger partial charge < -0.3 is 14.8 Å². The van der Waals surface area contributed by atoms with E-state index in [4.69, 9.17) is 11.6 Å². The number of aromatic nitrogens is 2. The number of benzene rings is 1. The van der Waals surface area contributed by atoms with Gasteiger partial charge in [-0.05, 0) is 107 Å². The van der Waals surface area contributed by atoms with E-state index >= 15 is 0 Å². The number of aryl methyl sites for hydroxylation is 1. The predicted octanol–water partition coefficient (Wildman–Crippen LogP) is 6.79. The zero-order valence-corrected chi connectivity index (χ0v) is 23.3. The Hall–Kier alpha value is -3.20. The molecule has 39 heavy (non-hydrogen) atoms. The van der Waals surface area contributed by atoms with E-state index in [1.807, 2.05) is 6.07 Å². The molecule has 0 aliphatic carbocycles. The molecule has 1 aliphatic heterocycles. The molecular weight excluding hydrogens is 523 g/mol. The average Bonchev–Trinajstić information content (AvgIpc) is 3.22. The van der Waals surface area contributed by atoms with Crippen LogP contribution in [0.25, 0.3) is 10.9 Å². The molecule has 0 radical (unpaired) electrons. The van der Waals surface area contributed by atoms with Crippen LogP contribution in [-0.4, -0.2) is 47.3 Å². The molecule has 9 heteroatoms. The van der Waals surface area contributed by atoms with Gasteiger partial charge in [0.25, 0.3) is 0 Å². The Kier molecular flexibility index (Phi) is 8.79. The van der Waals surface area contributed by atoms with E-state index in [1.54, 1.807) is 44.3 Å². The average molecular weight is 556 g/mol. The van der Waals surface area contributed by atoms with Crippen molar-refractivity contribution in [3.05, 3.63) is 58.5 Å². The Morgan fingerprint density at radius 2 is 1.90 bits per heavy atom. The van der Waals surface area contributed by atoms with Crippen molar-refractivity contribution in [1.82, 2.24) is 14.5 Å². The quantitative estimate of drug-likeness (QED) is 0.326. The third-order valence-corrected chi connectivity index (χ3v) is 7.59. The van der Waals surface area contributed by atoms with Crippen LogP contribution in [-0.2, 0) is 18.4 Å². The summed E-state index contributed by atoms with van der Waals surface area (Å²) in [5, 5.41) is 13.3. The lowest BCUT2D eigenvalue weighted by molar-refractivity contribution is -0.140. The van der Waals surface area contributed by atoms with E-state index in [0.29, 0.717) is 33.2 Å². The molecule has 3 heterocycles. The number of alkyl halides is 3. The second-order valence-corrected chi connectivity index (χ2v) is 11.3. The summed E-state index contributed by atoms with van der Waals surface area (Å²) < 4.78 is 41.6. The highest BCUT2D eigenvalue weighted by Gasteiger charge is 2.30. The summed E-state index contributed by atoms with van der Waals surface area (Å²) in [4.78, 5) is 6.67. The van der Waals surface area contributed by atoms with Crippen molar-refractivity contribution >= 4 is 28.2 Å². The van der Waals surface area contributed by atoms with Gasteiger partial charge in [-0.15, -0.1) is 0 Å². The number of halogens is 4. The first-order valence-electron chi connectivity index (χ1n) is 13.1. The number of anilines is 1. The van der Waals surface area contributed by atoms with Crippen molar-refractivity contribution in [1.29, 1.82) is 5.26 Å². The molecule has 1 N–H and O–H groups in total. The Balaban J connectivity index is 1.51. The van der Waals surface area contributed by atoms with E-state index in [2.05, 4.69) is 40.2 Å². The van der Waals surface area contributed by atoms with Crippen molar-refractivity contribution in [2.45, 2.75) is 57.7 Å². The van der Waals surface area contributed by atoms with Crippen molar-refractivity contribution < 1.29 is 13.2 Å². The highest BCUT2D eigenvalue weighted by atomic mass is 35.5. The maximum Gasteiger partial charge on any atom is 0.406 e. The fourth-order valence-corrected chi connectivity index (χ4v) is 5.29. The van der Waals surface area contributed by atoms with Crippen LogP contribution in [0.15, 0.2) is 36.5 Å². The van der Waals surface area contributed by atoms with Gasteiger partial charge in [0.2, 0.25) is 0 Å². The molecule has 0 amide bonds. The summed E-state index contributed by atoms with van der Waals surface area (Å²) in [6.45, 7) is 4.83. The lowest BCUT2D eigenvalue weighted by Crippen LogP contribution is -2.30. The van der Waals surface area contributed by atoms with Gasteiger partial charge in [-0.2, -0.15) is 18.4 Å². The summed E-state index contributed by atoms with van der Waals surface area (Å²) in [5.41, 5.74) is 2.32. The maximum absolute atomic E-state index is 13.5. The van der Waals surface area contributed by atoms with Gasteiger partial charge in [0.15, 0.2) is 0 Å². The zero-order chi connectivity index (χ0) is 28.2. The summed E-state index contributed by atoms with van der Waals surface area (Å²) in [6, 6.07) is 11.2. The zero-order valence-electron chi connectivity index (χ0n) is 22.5. The molecule has 5 nitrogen and oxygen atoms in total. The lowest BCUT2D eigenvalue weighted by atomic mass is 9.90. The first-order chi connectivity index (χ1) is 18.4. The molecular formula is C30H33ClF3N5. The third-order valence-electron chi connectivity index (χ3n) is 7.30. The second kappa shape index (κ2) is 11.9. The standard InChI is InChI=1S/C30H33ClF3N5/c1-29(2,19-35)27-9-8-24(18-37-27)36-12-4-5-25-17-23-15-22(7-6-21-10-13-38(3)14-11-21)16-26(31)28(23)39(25)20-30(32,33)34/h8-9,15-18,21,36H,6-7,10-14,20H2,1-3H3. The molecule has 4 rings (SSSR count). The smallest absolute Gasteiger partial charge is 0.373 e. The summed E-state index contributed by atoms with van der Waals surface area (Å²) in [7, 11) is 2.14. The molecule has 1 aromatic carbocycles. The van der Waals surface area contributed by atoms with Crippen molar-refractivity contribution in [2.24, 2.45) is 5.92 Å². The van der Waals surface area contributed by atoms with Crippen LogP contribution in [0.2, 0.25) is 5.02 Å². The molecule has 0 atom stereocenters. The molecule has 0 unspecified atom stereocenters. The number of hydrogen-bond acceptors (Lipinski definition) is 4. The van der Waals surface area contributed by atoms with Crippen molar-refractivity contribution in [3.63, 3.8) is 0 Å². The number of rotatable bonds is 7. The number of nitrogens with one attached hydrogen (secondary N) is 1. The molecule has 0 bridgehead atoms. The van der Waals surface area contributed by atoms with Crippen LogP contribution < -0.4 is 5.32 Å². The number of piperidine rings is 1. The van der Waals surface area contributed by atoms with E-state index in [-0.39, 0.29) is 12.2 Å². The third kappa shape index (κ3) is 7.47. The van der Waals surface area contributed by atoms with Gasteiger partial charge in [-0.25, -0.2) is 0 Å². The largest absolute Gasteiger partial charge is 0.406 e. The minimum atomic E-state index is -4.42. The van der Waals surface area contributed by atoms with Gasteiger partial charge >= 0.3 is 6.18 Å². The van der Waals surface area contributed by atoms with E-state index in [0.717, 1.165) is 36.1 Å². The van der Waals surface area contributed by atoms with Crippen LogP contribution in [0.1, 0.15) is 50.1 Å². The summed E-state index contributed by atoms with van der Waals surface area (Å²) in [6.07, 6.45) is 1.42. The van der Waals surface area contributed by atoms with E-state index in [1.165, 1.54) is 12.8 Å². The Labute approximate surface area is 233 Å². The second-order valence-electron chi connectivity index (χ2n) is 10.9. The lowest BCUT2D eigenvalue weighted by Gasteiger charge is -2.28. The number of nitriles is 1. The predicted molar refractivity (Wildman–Crippen MR) is 150 cm³/mol. The van der Waals surface area contributed by atoms with Crippen LogP contribution >= 0.6 is 11.6 Å². The molecule has 3 aromatic rings. The van der Waals surface area contributed by atoms with E-state index < -0.39 is 18.1 Å². The number of hydrogen-bond donors (Lipinski definition) is 1. The Bertz CT molecular complexity index is 1400. The number of pyridine rings is 1. The minimum Gasteiger partial charge on any atom is -0.373 e. The summed E-state index contributed by atoms with van der Waals surface area (Å²) >= 11 is 6.56. The topological polar surface area (TPSA) is 56.9 Å². The van der Waals surface area contributed by atoms with Crippen molar-refractivity contribution in [3.8, 4) is 17.9 Å². The molecule has 0 saturated carbocycles. The Morgan fingerprint density at radius 1 is 1.15 bits per heavy atom. The molecule has 206 valence electrons. The SMILES string of the molecule is CN1CCC(CCc2cc(Cl)c3c(c2)cc(C#CCNc2ccc(C(C)(C)C#N)nc2)n3CC(F)(F)F)CC1. The van der Waals surface area contributed by atoms with Crippen LogP contribution in [0.3, 0.4) is 0 Å². The normalized spacial score (nSPS) is 15.1. The van der Waals surface area contributed by atoms with E-state index in [9.17, 15) is 18.4 Å². The fraction of sp³-hybridized carbons (Fsp3) is 0.467. The molecule has 1 aliphatic rings. The highest BCUT2D eigenvalue weighted by Crippen LogP contribution is 2.33. The monoisotopic (exact) mass is 555 g/mol. The van der Waals surface area contributed by atoms with Crippen molar-refractivity contribution in [2.75, 3.05) is 32.0 Å². The van der Waals surface area contributed by atoms with Crippen LogP contribution in [0.4, 0.5) is 18.9 Å². The van der Waals surface area contributed by atoms with Crippen LogP contribution in [0, 0.1) is 29.1 Å². The van der Waals surface area contributed by atoms with Gasteiger partial charge in [0, 0.05) is 5.39 Å². The molecule has 2 aromatic heterocycles.